The third kappa shape index (κ3) is 2.63. The summed E-state index contributed by atoms with van der Waals surface area (Å²) in [5.74, 6) is -0.889. The van der Waals surface area contributed by atoms with Crippen molar-refractivity contribution in [3.63, 3.8) is 0 Å². The van der Waals surface area contributed by atoms with Gasteiger partial charge in [-0.25, -0.2) is 0 Å². The lowest BCUT2D eigenvalue weighted by atomic mass is 9.98. The van der Waals surface area contributed by atoms with E-state index in [1.165, 1.54) is 4.90 Å². The van der Waals surface area contributed by atoms with Crippen molar-refractivity contribution < 1.29 is 19.5 Å². The summed E-state index contributed by atoms with van der Waals surface area (Å²) in [6, 6.07) is -0.301. The second-order valence-corrected chi connectivity index (χ2v) is 4.86. The third-order valence-electron chi connectivity index (χ3n) is 3.56. The van der Waals surface area contributed by atoms with E-state index in [2.05, 4.69) is 0 Å². The van der Waals surface area contributed by atoms with Crippen molar-refractivity contribution in [2.75, 3.05) is 19.6 Å². The fraction of sp³-hybridized carbons (Fsp3) is 0.750. The summed E-state index contributed by atoms with van der Waals surface area (Å²) in [4.78, 5) is 37.7. The molecule has 0 aromatic heterocycles. The number of carboxylic acid groups (broad SMARTS) is 1. The number of amides is 2. The van der Waals surface area contributed by atoms with E-state index >= 15 is 0 Å². The average Bonchev–Trinajstić information content (AvgIpc) is 2.35. The molecule has 6 heteroatoms. The number of fused-ring (bicyclic) bond motifs is 1. The highest BCUT2D eigenvalue weighted by Crippen LogP contribution is 2.23. The molecule has 0 radical (unpaired) electrons. The molecule has 100 valence electrons. The Hall–Kier alpha value is -1.59. The van der Waals surface area contributed by atoms with Crippen LogP contribution in [0.5, 0.6) is 0 Å². The van der Waals surface area contributed by atoms with Crippen LogP contribution in [0.15, 0.2) is 0 Å². The lowest BCUT2D eigenvalue weighted by Crippen LogP contribution is -2.61. The smallest absolute Gasteiger partial charge is 0.303 e. The van der Waals surface area contributed by atoms with Crippen molar-refractivity contribution >= 4 is 17.8 Å². The van der Waals surface area contributed by atoms with E-state index in [9.17, 15) is 14.4 Å². The SMILES string of the molecule is O=C(O)CCCN1CC(=O)N2CCCCC2C1=O. The van der Waals surface area contributed by atoms with E-state index in [0.717, 1.165) is 19.3 Å². The standard InChI is InChI=1S/C12H18N2O4/c15-10-8-13(6-3-5-11(16)17)12(18)9-4-1-2-7-14(9)10/h9H,1-8H2,(H,16,17). The second-order valence-electron chi connectivity index (χ2n) is 4.86. The number of piperazine rings is 1. The van der Waals surface area contributed by atoms with Crippen LogP contribution < -0.4 is 0 Å². The van der Waals surface area contributed by atoms with Gasteiger partial charge in [-0.15, -0.1) is 0 Å². The number of piperidine rings is 1. The fourth-order valence-electron chi connectivity index (χ4n) is 2.64. The fourth-order valence-corrected chi connectivity index (χ4v) is 2.64. The largest absolute Gasteiger partial charge is 0.481 e. The van der Waals surface area contributed by atoms with Gasteiger partial charge in [0.25, 0.3) is 0 Å². The van der Waals surface area contributed by atoms with E-state index in [0.29, 0.717) is 19.5 Å². The monoisotopic (exact) mass is 254 g/mol. The number of aliphatic carboxylic acids is 1. The average molecular weight is 254 g/mol. The van der Waals surface area contributed by atoms with Gasteiger partial charge in [0, 0.05) is 19.5 Å². The molecule has 0 aromatic carbocycles. The Morgan fingerprint density at radius 3 is 2.83 bits per heavy atom. The summed E-state index contributed by atoms with van der Waals surface area (Å²) >= 11 is 0. The van der Waals surface area contributed by atoms with Crippen LogP contribution in [0, 0.1) is 0 Å². The molecule has 0 aliphatic carbocycles. The Labute approximate surface area is 106 Å². The first kappa shape index (κ1) is 12.9. The van der Waals surface area contributed by atoms with Gasteiger partial charge in [-0.05, 0) is 25.7 Å². The normalized spacial score (nSPS) is 24.1. The molecular formula is C12H18N2O4. The molecule has 2 rings (SSSR count). The molecule has 0 spiro atoms. The summed E-state index contributed by atoms with van der Waals surface area (Å²) in [7, 11) is 0. The van der Waals surface area contributed by atoms with Crippen molar-refractivity contribution in [1.29, 1.82) is 0 Å². The number of carboxylic acids is 1. The first-order valence-corrected chi connectivity index (χ1v) is 6.39. The van der Waals surface area contributed by atoms with Gasteiger partial charge >= 0.3 is 5.97 Å². The Bertz CT molecular complexity index is 369. The Balaban J connectivity index is 1.94. The maximum atomic E-state index is 12.2. The number of carbonyl (C=O) groups excluding carboxylic acids is 2. The quantitative estimate of drug-likeness (QED) is 0.770. The van der Waals surface area contributed by atoms with Gasteiger partial charge < -0.3 is 14.9 Å². The number of rotatable bonds is 4. The summed E-state index contributed by atoms with van der Waals surface area (Å²) in [5.41, 5.74) is 0. The van der Waals surface area contributed by atoms with Crippen LogP contribution >= 0.6 is 0 Å². The topological polar surface area (TPSA) is 77.9 Å². The van der Waals surface area contributed by atoms with Crippen LogP contribution in [0.25, 0.3) is 0 Å². The zero-order valence-electron chi connectivity index (χ0n) is 10.3. The van der Waals surface area contributed by atoms with E-state index < -0.39 is 5.97 Å². The van der Waals surface area contributed by atoms with Gasteiger partial charge in [-0.2, -0.15) is 0 Å². The number of hydrogen-bond acceptors (Lipinski definition) is 3. The molecule has 2 saturated heterocycles. The maximum Gasteiger partial charge on any atom is 0.303 e. The van der Waals surface area contributed by atoms with Crippen LogP contribution in [0.4, 0.5) is 0 Å². The molecule has 0 aromatic rings. The van der Waals surface area contributed by atoms with Crippen LogP contribution in [0.2, 0.25) is 0 Å². The first-order chi connectivity index (χ1) is 8.59. The van der Waals surface area contributed by atoms with E-state index in [1.54, 1.807) is 4.90 Å². The molecule has 2 fully saturated rings. The first-order valence-electron chi connectivity index (χ1n) is 6.39. The van der Waals surface area contributed by atoms with Gasteiger partial charge in [0.1, 0.15) is 6.04 Å². The van der Waals surface area contributed by atoms with Crippen LogP contribution in [-0.4, -0.2) is 58.4 Å². The van der Waals surface area contributed by atoms with Crippen LogP contribution in [0.3, 0.4) is 0 Å². The number of nitrogens with zero attached hydrogens (tertiary/aromatic N) is 2. The molecule has 2 aliphatic heterocycles. The lowest BCUT2D eigenvalue weighted by Gasteiger charge is -2.42. The number of hydrogen-bond donors (Lipinski definition) is 1. The molecule has 1 atom stereocenters. The number of carbonyl (C=O) groups is 3. The predicted octanol–water partition coefficient (Wildman–Crippen LogP) is 0.0745. The summed E-state index contributed by atoms with van der Waals surface area (Å²) < 4.78 is 0. The zero-order valence-corrected chi connectivity index (χ0v) is 10.3. The predicted molar refractivity (Wildman–Crippen MR) is 62.8 cm³/mol. The summed E-state index contributed by atoms with van der Waals surface area (Å²) in [6.45, 7) is 1.15. The second kappa shape index (κ2) is 5.37. The highest BCUT2D eigenvalue weighted by molar-refractivity contribution is 5.95. The van der Waals surface area contributed by atoms with Gasteiger partial charge in [-0.1, -0.05) is 0 Å². The van der Waals surface area contributed by atoms with Crippen molar-refractivity contribution in [2.24, 2.45) is 0 Å². The van der Waals surface area contributed by atoms with E-state index in [-0.39, 0.29) is 30.8 Å². The minimum Gasteiger partial charge on any atom is -0.481 e. The molecule has 2 heterocycles. The van der Waals surface area contributed by atoms with Gasteiger partial charge in [0.15, 0.2) is 0 Å². The third-order valence-corrected chi connectivity index (χ3v) is 3.56. The van der Waals surface area contributed by atoms with Crippen molar-refractivity contribution in [1.82, 2.24) is 9.80 Å². The summed E-state index contributed by atoms with van der Waals surface area (Å²) in [5, 5.41) is 8.57. The molecule has 1 unspecified atom stereocenters. The molecule has 0 bridgehead atoms. The molecule has 2 aliphatic rings. The minimum absolute atomic E-state index is 0.00498. The van der Waals surface area contributed by atoms with Gasteiger partial charge in [0.2, 0.25) is 11.8 Å². The molecule has 2 amide bonds. The highest BCUT2D eigenvalue weighted by atomic mass is 16.4. The van der Waals surface area contributed by atoms with Crippen molar-refractivity contribution in [3.05, 3.63) is 0 Å². The Kier molecular flexibility index (Phi) is 3.84. The van der Waals surface area contributed by atoms with Gasteiger partial charge in [-0.3, -0.25) is 14.4 Å². The molecule has 18 heavy (non-hydrogen) atoms. The zero-order chi connectivity index (χ0) is 13.1. The molecule has 6 nitrogen and oxygen atoms in total. The van der Waals surface area contributed by atoms with E-state index in [1.807, 2.05) is 0 Å². The minimum atomic E-state index is -0.870. The van der Waals surface area contributed by atoms with Crippen LogP contribution in [-0.2, 0) is 14.4 Å². The van der Waals surface area contributed by atoms with Crippen molar-refractivity contribution in [2.45, 2.75) is 38.1 Å². The van der Waals surface area contributed by atoms with E-state index in [4.69, 9.17) is 5.11 Å². The van der Waals surface area contributed by atoms with Gasteiger partial charge in [0.05, 0.1) is 6.54 Å². The Morgan fingerprint density at radius 2 is 2.11 bits per heavy atom. The van der Waals surface area contributed by atoms with Crippen molar-refractivity contribution in [3.8, 4) is 0 Å². The maximum absolute atomic E-state index is 12.2. The van der Waals surface area contributed by atoms with Crippen LogP contribution in [0.1, 0.15) is 32.1 Å². The molecule has 0 saturated carbocycles. The molecule has 1 N–H and O–H groups in total. The lowest BCUT2D eigenvalue weighted by molar-refractivity contribution is -0.157. The molecular weight excluding hydrogens is 236 g/mol. The highest BCUT2D eigenvalue weighted by Gasteiger charge is 2.39. The summed E-state index contributed by atoms with van der Waals surface area (Å²) in [6.07, 6.45) is 3.12. The Morgan fingerprint density at radius 1 is 1.33 bits per heavy atom.